The third-order valence-electron chi connectivity index (χ3n) is 2.61. The Bertz CT molecular complexity index is 258. The molecule has 1 spiro atoms. The summed E-state index contributed by atoms with van der Waals surface area (Å²) in [6.45, 7) is 1.79. The summed E-state index contributed by atoms with van der Waals surface area (Å²) in [5.74, 6) is -0.268. The monoisotopic (exact) mass is 168 g/mol. The van der Waals surface area contributed by atoms with Crippen LogP contribution in [0.4, 0.5) is 0 Å². The molecule has 1 fully saturated rings. The summed E-state index contributed by atoms with van der Waals surface area (Å²) in [5, 5.41) is 8.13. The highest BCUT2D eigenvalue weighted by Gasteiger charge is 2.56. The molecule has 66 valence electrons. The Kier molecular flexibility index (Phi) is 1.32. The van der Waals surface area contributed by atoms with Gasteiger partial charge in [0.05, 0.1) is 12.6 Å². The van der Waals surface area contributed by atoms with Crippen molar-refractivity contribution in [3.8, 4) is 0 Å². The lowest BCUT2D eigenvalue weighted by molar-refractivity contribution is -0.146. The van der Waals surface area contributed by atoms with Crippen molar-refractivity contribution in [2.75, 3.05) is 7.11 Å². The summed E-state index contributed by atoms with van der Waals surface area (Å²) in [4.78, 5) is 11.3. The number of rotatable bonds is 1. The van der Waals surface area contributed by atoms with E-state index in [2.05, 4.69) is 15.0 Å². The van der Waals surface area contributed by atoms with Gasteiger partial charge in [-0.2, -0.15) is 10.2 Å². The van der Waals surface area contributed by atoms with Crippen molar-refractivity contribution < 1.29 is 9.53 Å². The average Bonchev–Trinajstić information content (AvgIpc) is 2.71. The van der Waals surface area contributed by atoms with Crippen LogP contribution in [-0.2, 0) is 9.53 Å². The van der Waals surface area contributed by atoms with Gasteiger partial charge in [-0.25, -0.2) is 4.79 Å². The molecule has 0 bridgehead atoms. The van der Waals surface area contributed by atoms with Gasteiger partial charge in [-0.1, -0.05) is 0 Å². The summed E-state index contributed by atoms with van der Waals surface area (Å²) in [7, 11) is 1.39. The molecule has 4 heteroatoms. The summed E-state index contributed by atoms with van der Waals surface area (Å²) in [6.07, 6.45) is 2.87. The van der Waals surface area contributed by atoms with E-state index in [-0.39, 0.29) is 11.5 Å². The second kappa shape index (κ2) is 2.06. The van der Waals surface area contributed by atoms with E-state index in [0.29, 0.717) is 0 Å². The molecule has 0 aromatic carbocycles. The molecule has 1 aliphatic carbocycles. The molecular weight excluding hydrogens is 156 g/mol. The van der Waals surface area contributed by atoms with Gasteiger partial charge in [0.25, 0.3) is 0 Å². The number of hydrogen-bond acceptors (Lipinski definition) is 4. The number of esters is 1. The number of ether oxygens (including phenoxy) is 1. The maximum absolute atomic E-state index is 11.3. The highest BCUT2D eigenvalue weighted by Crippen LogP contribution is 2.51. The zero-order chi connectivity index (χ0) is 8.82. The molecule has 2 aliphatic rings. The van der Waals surface area contributed by atoms with Gasteiger partial charge in [-0.05, 0) is 19.8 Å². The van der Waals surface area contributed by atoms with E-state index in [1.165, 1.54) is 7.11 Å². The number of methoxy groups -OCH3 is 1. The fourth-order valence-electron chi connectivity index (χ4n) is 1.68. The summed E-state index contributed by atoms with van der Waals surface area (Å²) < 4.78 is 4.67. The van der Waals surface area contributed by atoms with Crippen molar-refractivity contribution >= 4 is 5.97 Å². The number of carbonyl (C=O) groups is 1. The van der Waals surface area contributed by atoms with Crippen molar-refractivity contribution in [3.63, 3.8) is 0 Å². The van der Waals surface area contributed by atoms with Crippen LogP contribution in [0.1, 0.15) is 26.2 Å². The van der Waals surface area contributed by atoms with Crippen LogP contribution < -0.4 is 0 Å². The normalized spacial score (nSPS) is 35.5. The summed E-state index contributed by atoms with van der Waals surface area (Å²) >= 11 is 0. The van der Waals surface area contributed by atoms with Gasteiger partial charge < -0.3 is 4.74 Å². The van der Waals surface area contributed by atoms with Crippen molar-refractivity contribution in [1.29, 1.82) is 0 Å². The first-order valence-electron chi connectivity index (χ1n) is 4.13. The molecular formula is C8H12N2O2. The van der Waals surface area contributed by atoms with Crippen molar-refractivity contribution in [2.24, 2.45) is 10.2 Å². The van der Waals surface area contributed by atoms with Crippen LogP contribution in [0.25, 0.3) is 0 Å². The molecule has 0 saturated heterocycles. The van der Waals surface area contributed by atoms with Crippen LogP contribution in [0, 0.1) is 0 Å². The van der Waals surface area contributed by atoms with Crippen LogP contribution in [0.5, 0.6) is 0 Å². The summed E-state index contributed by atoms with van der Waals surface area (Å²) in [6, 6.07) is 0. The Morgan fingerprint density at radius 3 is 2.50 bits per heavy atom. The van der Waals surface area contributed by atoms with E-state index in [9.17, 15) is 4.79 Å². The molecule has 2 rings (SSSR count). The molecule has 0 aromatic rings. The summed E-state index contributed by atoms with van der Waals surface area (Å²) in [5.41, 5.74) is -0.686. The van der Waals surface area contributed by atoms with Gasteiger partial charge in [0, 0.05) is 6.42 Å². The molecule has 12 heavy (non-hydrogen) atoms. The lowest BCUT2D eigenvalue weighted by Crippen LogP contribution is -2.34. The lowest BCUT2D eigenvalue weighted by Gasteiger charge is -2.15. The maximum atomic E-state index is 11.3. The second-order valence-electron chi connectivity index (χ2n) is 3.87. The molecule has 0 radical (unpaired) electrons. The second-order valence-corrected chi connectivity index (χ2v) is 3.87. The zero-order valence-corrected chi connectivity index (χ0v) is 7.33. The van der Waals surface area contributed by atoms with E-state index in [1.807, 2.05) is 0 Å². The van der Waals surface area contributed by atoms with E-state index in [4.69, 9.17) is 0 Å². The number of carbonyl (C=O) groups excluding carboxylic acids is 1. The Hall–Kier alpha value is -0.930. The Morgan fingerprint density at radius 2 is 2.08 bits per heavy atom. The predicted octanol–water partition coefficient (Wildman–Crippen LogP) is 1.31. The highest BCUT2D eigenvalue weighted by molar-refractivity contribution is 5.81. The number of azo groups is 1. The first-order chi connectivity index (χ1) is 5.60. The first kappa shape index (κ1) is 7.71. The van der Waals surface area contributed by atoms with E-state index in [0.717, 1.165) is 19.3 Å². The SMILES string of the molecule is COC(=O)[C@]1(C)CC2(CC2)N=N1. The van der Waals surface area contributed by atoms with E-state index < -0.39 is 5.54 Å². The Morgan fingerprint density at radius 1 is 1.42 bits per heavy atom. The smallest absolute Gasteiger partial charge is 0.335 e. The third kappa shape index (κ3) is 0.940. The number of hydrogen-bond donors (Lipinski definition) is 0. The van der Waals surface area contributed by atoms with Gasteiger partial charge >= 0.3 is 5.97 Å². The largest absolute Gasteiger partial charge is 0.467 e. The van der Waals surface area contributed by atoms with E-state index >= 15 is 0 Å². The van der Waals surface area contributed by atoms with Gasteiger partial charge in [0.2, 0.25) is 0 Å². The fourth-order valence-corrected chi connectivity index (χ4v) is 1.68. The first-order valence-corrected chi connectivity index (χ1v) is 4.13. The molecule has 1 saturated carbocycles. The standard InChI is InChI=1S/C8H12N2O2/c1-7(6(11)12-2)5-8(3-4-8)10-9-7/h3-5H2,1-2H3/t7-/m0/s1. The van der Waals surface area contributed by atoms with Gasteiger partial charge in [0.1, 0.15) is 0 Å². The molecule has 0 unspecified atom stereocenters. The van der Waals surface area contributed by atoms with Crippen LogP contribution in [-0.4, -0.2) is 24.2 Å². The molecule has 0 aromatic heterocycles. The van der Waals surface area contributed by atoms with Crippen molar-refractivity contribution in [1.82, 2.24) is 0 Å². The number of nitrogens with zero attached hydrogens (tertiary/aromatic N) is 2. The predicted molar refractivity (Wildman–Crippen MR) is 41.9 cm³/mol. The molecule has 4 nitrogen and oxygen atoms in total. The van der Waals surface area contributed by atoms with Gasteiger partial charge in [-0.3, -0.25) is 0 Å². The van der Waals surface area contributed by atoms with Crippen LogP contribution in [0.15, 0.2) is 10.2 Å². The Balaban J connectivity index is 2.15. The molecule has 1 atom stereocenters. The fraction of sp³-hybridized carbons (Fsp3) is 0.875. The minimum absolute atomic E-state index is 0.0168. The van der Waals surface area contributed by atoms with Crippen LogP contribution in [0.2, 0.25) is 0 Å². The third-order valence-corrected chi connectivity index (χ3v) is 2.61. The molecule has 0 N–H and O–H groups in total. The highest BCUT2D eigenvalue weighted by atomic mass is 16.5. The molecule has 1 heterocycles. The average molecular weight is 168 g/mol. The molecule has 0 amide bonds. The maximum Gasteiger partial charge on any atom is 0.335 e. The van der Waals surface area contributed by atoms with Crippen molar-refractivity contribution in [3.05, 3.63) is 0 Å². The topological polar surface area (TPSA) is 51.0 Å². The Labute approximate surface area is 71.0 Å². The van der Waals surface area contributed by atoms with Crippen LogP contribution >= 0.6 is 0 Å². The van der Waals surface area contributed by atoms with E-state index in [1.54, 1.807) is 6.92 Å². The minimum Gasteiger partial charge on any atom is -0.467 e. The minimum atomic E-state index is -0.703. The quantitative estimate of drug-likeness (QED) is 0.554. The van der Waals surface area contributed by atoms with Crippen LogP contribution in [0.3, 0.4) is 0 Å². The molecule has 1 aliphatic heterocycles. The zero-order valence-electron chi connectivity index (χ0n) is 7.33. The lowest BCUT2D eigenvalue weighted by atomic mass is 9.95. The van der Waals surface area contributed by atoms with Gasteiger partial charge in [-0.15, -0.1) is 0 Å². The van der Waals surface area contributed by atoms with Crippen molar-refractivity contribution in [2.45, 2.75) is 37.3 Å². The van der Waals surface area contributed by atoms with Gasteiger partial charge in [0.15, 0.2) is 5.54 Å².